The number of unbranched alkanes of at least 4 members (excludes halogenated alkanes) is 2. The van der Waals surface area contributed by atoms with Crippen LogP contribution in [0.5, 0.6) is 0 Å². The van der Waals surface area contributed by atoms with Crippen LogP contribution >= 0.6 is 0 Å². The Balaban J connectivity index is 0. The van der Waals surface area contributed by atoms with Gasteiger partial charge in [-0.15, -0.1) is 0 Å². The average Bonchev–Trinajstić information content (AvgIpc) is 2.28. The second-order valence-electron chi connectivity index (χ2n) is 4.82. The molecule has 1 unspecified atom stereocenters. The van der Waals surface area contributed by atoms with Crippen LogP contribution in [-0.2, 0) is 14.3 Å². The van der Waals surface area contributed by atoms with Gasteiger partial charge >= 0.3 is 6.09 Å². The van der Waals surface area contributed by atoms with Gasteiger partial charge in [0.2, 0.25) is 0 Å². The van der Waals surface area contributed by atoms with Crippen molar-refractivity contribution in [3.8, 4) is 0 Å². The number of hydrogen-bond acceptors (Lipinski definition) is 4. The zero-order chi connectivity index (χ0) is 15.3. The lowest BCUT2D eigenvalue weighted by Crippen LogP contribution is -2.39. The summed E-state index contributed by atoms with van der Waals surface area (Å²) in [5, 5.41) is 2.57. The summed E-state index contributed by atoms with van der Waals surface area (Å²) in [5.74, 6) is 0. The first-order valence-electron chi connectivity index (χ1n) is 6.90. The van der Waals surface area contributed by atoms with Gasteiger partial charge in [-0.05, 0) is 40.5 Å². The van der Waals surface area contributed by atoms with Gasteiger partial charge in [0.15, 0.2) is 0 Å². The fourth-order valence-electron chi connectivity index (χ4n) is 1.11. The number of hydrogen-bond donors (Lipinski definition) is 1. The van der Waals surface area contributed by atoms with E-state index in [9.17, 15) is 9.59 Å². The number of aldehydes is 1. The van der Waals surface area contributed by atoms with Crippen molar-refractivity contribution in [1.29, 1.82) is 0 Å². The molecule has 1 N–H and O–H groups in total. The molecule has 0 bridgehead atoms. The van der Waals surface area contributed by atoms with Gasteiger partial charge in [-0.3, -0.25) is 5.32 Å². The molecular weight excluding hydrogens is 246 g/mol. The fourth-order valence-corrected chi connectivity index (χ4v) is 1.11. The van der Waals surface area contributed by atoms with E-state index in [0.717, 1.165) is 19.1 Å². The topological polar surface area (TPSA) is 64.6 Å². The monoisotopic (exact) mass is 275 g/mol. The zero-order valence-electron chi connectivity index (χ0n) is 13.1. The maximum absolute atomic E-state index is 11.3. The van der Waals surface area contributed by atoms with E-state index in [4.69, 9.17) is 9.47 Å². The summed E-state index contributed by atoms with van der Waals surface area (Å²) < 4.78 is 10.4. The molecule has 5 nitrogen and oxygen atoms in total. The minimum Gasteiger partial charge on any atom is -0.444 e. The van der Waals surface area contributed by atoms with Gasteiger partial charge in [0, 0.05) is 13.0 Å². The average molecular weight is 275 g/mol. The number of amides is 1. The van der Waals surface area contributed by atoms with Crippen molar-refractivity contribution in [1.82, 2.24) is 5.32 Å². The summed E-state index contributed by atoms with van der Waals surface area (Å²) in [4.78, 5) is 21.4. The third kappa shape index (κ3) is 16.9. The predicted octanol–water partition coefficient (Wildman–Crippen LogP) is 3.27. The van der Waals surface area contributed by atoms with Crippen molar-refractivity contribution in [3.05, 3.63) is 0 Å². The van der Waals surface area contributed by atoms with E-state index in [1.807, 2.05) is 13.8 Å². The lowest BCUT2D eigenvalue weighted by atomic mass is 10.2. The second-order valence-corrected chi connectivity index (χ2v) is 4.82. The van der Waals surface area contributed by atoms with E-state index in [1.54, 1.807) is 27.7 Å². The Kier molecular flexibility index (Phi) is 12.7. The summed E-state index contributed by atoms with van der Waals surface area (Å²) in [7, 11) is 0. The Morgan fingerprint density at radius 3 is 2.32 bits per heavy atom. The standard InChI is InChI=1S/C12H23NO4.C2H6/c1-10(16-9-7-5-6-8-14)13-11(15)17-12(2,3)4;1-2/h8,10H,5-7,9H2,1-4H3,(H,13,15);1-2H3. The molecule has 19 heavy (non-hydrogen) atoms. The number of rotatable bonds is 7. The van der Waals surface area contributed by atoms with E-state index < -0.39 is 11.7 Å². The van der Waals surface area contributed by atoms with Gasteiger partial charge in [0.05, 0.1) is 0 Å². The van der Waals surface area contributed by atoms with Crippen LogP contribution in [-0.4, -0.2) is 30.8 Å². The molecule has 0 aromatic heterocycles. The molecule has 0 radical (unpaired) electrons. The summed E-state index contributed by atoms with van der Waals surface area (Å²) in [6.07, 6.45) is 2.18. The van der Waals surface area contributed by atoms with Crippen LogP contribution < -0.4 is 5.32 Å². The molecule has 0 aromatic carbocycles. The lowest BCUT2D eigenvalue weighted by molar-refractivity contribution is -0.108. The molecule has 5 heteroatoms. The molecule has 0 fully saturated rings. The molecule has 0 saturated heterocycles. The SMILES string of the molecule is CC.CC(NC(=O)OC(C)(C)C)OCCCCC=O. The van der Waals surface area contributed by atoms with Crippen molar-refractivity contribution in [2.75, 3.05) is 6.61 Å². The van der Waals surface area contributed by atoms with Crippen LogP contribution in [0.1, 0.15) is 60.8 Å². The largest absolute Gasteiger partial charge is 0.444 e. The number of nitrogens with one attached hydrogen (secondary N) is 1. The van der Waals surface area contributed by atoms with Gasteiger partial charge in [-0.25, -0.2) is 4.79 Å². The number of carbonyl (C=O) groups excluding carboxylic acids is 2. The highest BCUT2D eigenvalue weighted by Gasteiger charge is 2.17. The van der Waals surface area contributed by atoms with Crippen LogP contribution in [0.2, 0.25) is 0 Å². The molecule has 0 heterocycles. The summed E-state index contributed by atoms with van der Waals surface area (Å²) in [6, 6.07) is 0. The smallest absolute Gasteiger partial charge is 0.409 e. The maximum atomic E-state index is 11.3. The highest BCUT2D eigenvalue weighted by atomic mass is 16.6. The number of ether oxygens (including phenoxy) is 2. The Hall–Kier alpha value is -1.10. The Bertz CT molecular complexity index is 236. The highest BCUT2D eigenvalue weighted by Crippen LogP contribution is 2.06. The van der Waals surface area contributed by atoms with Gasteiger partial charge in [0.25, 0.3) is 0 Å². The normalized spacial score (nSPS) is 11.9. The molecule has 0 aromatic rings. The van der Waals surface area contributed by atoms with Crippen LogP contribution in [0, 0.1) is 0 Å². The van der Waals surface area contributed by atoms with Crippen molar-refractivity contribution >= 4 is 12.4 Å². The second kappa shape index (κ2) is 12.0. The molecular formula is C14H29NO4. The first-order chi connectivity index (χ1) is 8.85. The summed E-state index contributed by atoms with van der Waals surface area (Å²) >= 11 is 0. The van der Waals surface area contributed by atoms with Crippen LogP contribution in [0.15, 0.2) is 0 Å². The van der Waals surface area contributed by atoms with Crippen molar-refractivity contribution in [2.24, 2.45) is 0 Å². The molecule has 114 valence electrons. The van der Waals surface area contributed by atoms with E-state index in [0.29, 0.717) is 13.0 Å². The molecule has 1 atom stereocenters. The Morgan fingerprint density at radius 2 is 1.84 bits per heavy atom. The molecule has 0 aliphatic carbocycles. The van der Waals surface area contributed by atoms with Crippen molar-refractivity contribution in [2.45, 2.75) is 72.6 Å². The molecule has 0 aliphatic rings. The van der Waals surface area contributed by atoms with Crippen LogP contribution in [0.25, 0.3) is 0 Å². The number of alkyl carbamates (subject to hydrolysis) is 1. The van der Waals surface area contributed by atoms with Crippen LogP contribution in [0.3, 0.4) is 0 Å². The third-order valence-corrected chi connectivity index (χ3v) is 1.80. The molecule has 0 rings (SSSR count). The fraction of sp³-hybridized carbons (Fsp3) is 0.857. The van der Waals surface area contributed by atoms with Crippen molar-refractivity contribution in [3.63, 3.8) is 0 Å². The van der Waals surface area contributed by atoms with Gasteiger partial charge in [-0.2, -0.15) is 0 Å². The van der Waals surface area contributed by atoms with Crippen molar-refractivity contribution < 1.29 is 19.1 Å². The Labute approximate surface area is 117 Å². The molecule has 0 aliphatic heterocycles. The summed E-state index contributed by atoms with van der Waals surface area (Å²) in [6.45, 7) is 11.7. The minimum atomic E-state index is -0.506. The zero-order valence-corrected chi connectivity index (χ0v) is 13.1. The molecule has 0 spiro atoms. The number of carbonyl (C=O) groups is 2. The Morgan fingerprint density at radius 1 is 1.26 bits per heavy atom. The first kappa shape index (κ1) is 20.2. The van der Waals surface area contributed by atoms with E-state index in [1.165, 1.54) is 0 Å². The minimum absolute atomic E-state index is 0.388. The highest BCUT2D eigenvalue weighted by molar-refractivity contribution is 5.67. The summed E-state index contributed by atoms with van der Waals surface area (Å²) in [5.41, 5.74) is -0.506. The molecule has 0 saturated carbocycles. The van der Waals surface area contributed by atoms with Gasteiger partial charge in [-0.1, -0.05) is 13.8 Å². The van der Waals surface area contributed by atoms with Gasteiger partial charge in [0.1, 0.15) is 18.1 Å². The first-order valence-corrected chi connectivity index (χ1v) is 6.90. The van der Waals surface area contributed by atoms with E-state index in [-0.39, 0.29) is 6.23 Å². The van der Waals surface area contributed by atoms with E-state index in [2.05, 4.69) is 5.32 Å². The predicted molar refractivity (Wildman–Crippen MR) is 76.0 cm³/mol. The van der Waals surface area contributed by atoms with E-state index >= 15 is 0 Å². The lowest BCUT2D eigenvalue weighted by Gasteiger charge is -2.22. The third-order valence-electron chi connectivity index (χ3n) is 1.80. The van der Waals surface area contributed by atoms with Gasteiger partial charge < -0.3 is 14.3 Å². The quantitative estimate of drug-likeness (QED) is 0.440. The van der Waals surface area contributed by atoms with Crippen LogP contribution in [0.4, 0.5) is 4.79 Å². The molecule has 1 amide bonds. The maximum Gasteiger partial charge on any atom is 0.409 e.